The van der Waals surface area contributed by atoms with Gasteiger partial charge in [-0.15, -0.1) is 0 Å². The lowest BCUT2D eigenvalue weighted by atomic mass is 10.1. The zero-order valence-corrected chi connectivity index (χ0v) is 13.4. The number of rotatable bonds is 4. The molecule has 2 N–H and O–H groups in total. The van der Waals surface area contributed by atoms with Crippen LogP contribution in [0.3, 0.4) is 0 Å². The van der Waals surface area contributed by atoms with Gasteiger partial charge in [-0.2, -0.15) is 0 Å². The van der Waals surface area contributed by atoms with Crippen molar-refractivity contribution < 1.29 is 13.5 Å². The molecule has 0 aromatic heterocycles. The van der Waals surface area contributed by atoms with Crippen LogP contribution in [0.4, 0.5) is 5.69 Å². The van der Waals surface area contributed by atoms with Gasteiger partial charge in [-0.3, -0.25) is 4.72 Å². The minimum Gasteiger partial charge on any atom is -0.392 e. The summed E-state index contributed by atoms with van der Waals surface area (Å²) in [5.41, 5.74) is 1.73. The van der Waals surface area contributed by atoms with Gasteiger partial charge >= 0.3 is 0 Å². The van der Waals surface area contributed by atoms with Crippen LogP contribution in [0.1, 0.15) is 11.1 Å². The van der Waals surface area contributed by atoms with Crippen molar-refractivity contribution in [3.63, 3.8) is 0 Å². The predicted octanol–water partition coefficient (Wildman–Crippen LogP) is 3.59. The van der Waals surface area contributed by atoms with Gasteiger partial charge in [0.15, 0.2) is 0 Å². The molecular weight excluding hydrogens is 333 g/mol. The molecule has 2 aromatic carbocycles. The normalized spacial score (nSPS) is 11.4. The standard InChI is InChI=1S/C14H13Cl2NO3S/c1-9-2-4-13(10(6-9)8-18)17-21(19,20)14-5-3-11(15)7-12(14)16/h2-7,17-18H,8H2,1H3. The van der Waals surface area contributed by atoms with Crippen molar-refractivity contribution in [2.75, 3.05) is 4.72 Å². The van der Waals surface area contributed by atoms with Crippen molar-refractivity contribution in [3.05, 3.63) is 57.6 Å². The number of hydrogen-bond donors (Lipinski definition) is 2. The first-order chi connectivity index (χ1) is 9.83. The van der Waals surface area contributed by atoms with Crippen LogP contribution in [0.2, 0.25) is 10.0 Å². The van der Waals surface area contributed by atoms with Gasteiger partial charge in [-0.1, -0.05) is 40.9 Å². The van der Waals surface area contributed by atoms with Crippen LogP contribution in [0.15, 0.2) is 41.3 Å². The molecule has 0 saturated carbocycles. The number of aliphatic hydroxyl groups excluding tert-OH is 1. The van der Waals surface area contributed by atoms with Crippen molar-refractivity contribution >= 4 is 38.9 Å². The van der Waals surface area contributed by atoms with Crippen LogP contribution in [0, 0.1) is 6.92 Å². The first-order valence-electron chi connectivity index (χ1n) is 6.02. The smallest absolute Gasteiger partial charge is 0.263 e. The largest absolute Gasteiger partial charge is 0.392 e. The van der Waals surface area contributed by atoms with E-state index < -0.39 is 10.0 Å². The minimum atomic E-state index is -3.86. The summed E-state index contributed by atoms with van der Waals surface area (Å²) < 4.78 is 27.2. The number of aryl methyl sites for hydroxylation is 1. The second-order valence-corrected chi connectivity index (χ2v) is 6.99. The minimum absolute atomic E-state index is 0.0349. The van der Waals surface area contributed by atoms with Crippen LogP contribution in [-0.2, 0) is 16.6 Å². The van der Waals surface area contributed by atoms with Crippen LogP contribution >= 0.6 is 23.2 Å². The highest BCUT2D eigenvalue weighted by Crippen LogP contribution is 2.28. The van der Waals surface area contributed by atoms with Gasteiger partial charge in [0.1, 0.15) is 4.90 Å². The SMILES string of the molecule is Cc1ccc(NS(=O)(=O)c2ccc(Cl)cc2Cl)c(CO)c1. The molecule has 0 radical (unpaired) electrons. The van der Waals surface area contributed by atoms with E-state index in [-0.39, 0.29) is 16.5 Å². The van der Waals surface area contributed by atoms with Crippen molar-refractivity contribution in [2.45, 2.75) is 18.4 Å². The Morgan fingerprint density at radius 1 is 1.14 bits per heavy atom. The second-order valence-electron chi connectivity index (χ2n) is 4.50. The lowest BCUT2D eigenvalue weighted by molar-refractivity contribution is 0.282. The van der Waals surface area contributed by atoms with Gasteiger partial charge in [0, 0.05) is 10.6 Å². The average Bonchev–Trinajstić information content (AvgIpc) is 2.40. The fourth-order valence-corrected chi connectivity index (χ4v) is 3.72. The van der Waals surface area contributed by atoms with E-state index in [0.29, 0.717) is 16.3 Å². The number of anilines is 1. The van der Waals surface area contributed by atoms with Gasteiger partial charge < -0.3 is 5.11 Å². The zero-order chi connectivity index (χ0) is 15.6. The fraction of sp³-hybridized carbons (Fsp3) is 0.143. The number of halogens is 2. The fourth-order valence-electron chi connectivity index (χ4n) is 1.85. The average molecular weight is 346 g/mol. The molecule has 0 atom stereocenters. The Balaban J connectivity index is 2.42. The van der Waals surface area contributed by atoms with E-state index in [1.165, 1.54) is 18.2 Å². The van der Waals surface area contributed by atoms with E-state index >= 15 is 0 Å². The molecule has 0 spiro atoms. The predicted molar refractivity (Wildman–Crippen MR) is 84.4 cm³/mol. The summed E-state index contributed by atoms with van der Waals surface area (Å²) >= 11 is 11.7. The third-order valence-corrected chi connectivity index (χ3v) is 4.94. The van der Waals surface area contributed by atoms with E-state index in [2.05, 4.69) is 4.72 Å². The molecule has 0 aliphatic rings. The molecule has 0 unspecified atom stereocenters. The summed E-state index contributed by atoms with van der Waals surface area (Å²) in [5.74, 6) is 0. The summed E-state index contributed by atoms with van der Waals surface area (Å²) in [5, 5.41) is 9.71. The Hall–Kier alpha value is -1.27. The van der Waals surface area contributed by atoms with Gasteiger partial charge in [0.05, 0.1) is 17.3 Å². The number of benzene rings is 2. The Labute approximate surface area is 133 Å². The maximum atomic E-state index is 12.4. The maximum absolute atomic E-state index is 12.4. The summed E-state index contributed by atoms with van der Waals surface area (Å²) in [4.78, 5) is -0.0713. The summed E-state index contributed by atoms with van der Waals surface area (Å²) in [6.45, 7) is 1.58. The highest BCUT2D eigenvalue weighted by molar-refractivity contribution is 7.92. The quantitative estimate of drug-likeness (QED) is 0.889. The molecule has 112 valence electrons. The van der Waals surface area contributed by atoms with E-state index in [1.807, 2.05) is 6.92 Å². The monoisotopic (exact) mass is 345 g/mol. The Morgan fingerprint density at radius 2 is 1.86 bits per heavy atom. The number of hydrogen-bond acceptors (Lipinski definition) is 3. The maximum Gasteiger partial charge on any atom is 0.263 e. The highest BCUT2D eigenvalue weighted by Gasteiger charge is 2.19. The number of sulfonamides is 1. The molecule has 0 aliphatic heterocycles. The molecule has 0 bridgehead atoms. The topological polar surface area (TPSA) is 66.4 Å². The van der Waals surface area contributed by atoms with Crippen LogP contribution in [-0.4, -0.2) is 13.5 Å². The van der Waals surface area contributed by atoms with Crippen LogP contribution in [0.5, 0.6) is 0 Å². The van der Waals surface area contributed by atoms with Crippen molar-refractivity contribution in [1.82, 2.24) is 0 Å². The van der Waals surface area contributed by atoms with Crippen molar-refractivity contribution in [3.8, 4) is 0 Å². The molecule has 0 fully saturated rings. The summed E-state index contributed by atoms with van der Waals surface area (Å²) in [6, 6.07) is 9.20. The second kappa shape index (κ2) is 6.23. The van der Waals surface area contributed by atoms with E-state index in [4.69, 9.17) is 23.2 Å². The molecule has 2 aromatic rings. The summed E-state index contributed by atoms with van der Waals surface area (Å²) in [6.07, 6.45) is 0. The first-order valence-corrected chi connectivity index (χ1v) is 8.25. The lowest BCUT2D eigenvalue weighted by Gasteiger charge is -2.13. The van der Waals surface area contributed by atoms with Crippen LogP contribution in [0.25, 0.3) is 0 Å². The van der Waals surface area contributed by atoms with E-state index in [9.17, 15) is 13.5 Å². The molecule has 21 heavy (non-hydrogen) atoms. The molecule has 0 saturated heterocycles. The third kappa shape index (κ3) is 3.68. The lowest BCUT2D eigenvalue weighted by Crippen LogP contribution is -2.15. The Bertz CT molecular complexity index is 776. The number of nitrogens with one attached hydrogen (secondary N) is 1. The molecule has 0 amide bonds. The van der Waals surface area contributed by atoms with E-state index in [1.54, 1.807) is 18.2 Å². The third-order valence-electron chi connectivity index (χ3n) is 2.86. The van der Waals surface area contributed by atoms with Gasteiger partial charge in [-0.05, 0) is 31.2 Å². The van der Waals surface area contributed by atoms with Gasteiger partial charge in [-0.25, -0.2) is 8.42 Å². The summed E-state index contributed by atoms with van der Waals surface area (Å²) in [7, 11) is -3.86. The first kappa shape index (κ1) is 16.1. The Morgan fingerprint density at radius 3 is 2.48 bits per heavy atom. The van der Waals surface area contributed by atoms with Gasteiger partial charge in [0.25, 0.3) is 10.0 Å². The molecule has 7 heteroatoms. The number of aliphatic hydroxyl groups is 1. The van der Waals surface area contributed by atoms with Crippen molar-refractivity contribution in [2.24, 2.45) is 0 Å². The molecule has 4 nitrogen and oxygen atoms in total. The van der Waals surface area contributed by atoms with Crippen LogP contribution < -0.4 is 4.72 Å². The van der Waals surface area contributed by atoms with Gasteiger partial charge in [0.2, 0.25) is 0 Å². The molecule has 2 rings (SSSR count). The Kier molecular flexibility index (Phi) is 4.78. The molecular formula is C14H13Cl2NO3S. The van der Waals surface area contributed by atoms with E-state index in [0.717, 1.165) is 5.56 Å². The van der Waals surface area contributed by atoms with Crippen molar-refractivity contribution in [1.29, 1.82) is 0 Å². The molecule has 0 aliphatic carbocycles. The highest BCUT2D eigenvalue weighted by atomic mass is 35.5. The molecule has 0 heterocycles. The zero-order valence-electron chi connectivity index (χ0n) is 11.1.